The van der Waals surface area contributed by atoms with Crippen LogP contribution in [0.1, 0.15) is 41.8 Å². The average molecular weight is 421 g/mol. The third-order valence-electron chi connectivity index (χ3n) is 5.89. The second-order valence-electron chi connectivity index (χ2n) is 7.99. The van der Waals surface area contributed by atoms with Gasteiger partial charge in [0, 0.05) is 43.7 Å². The summed E-state index contributed by atoms with van der Waals surface area (Å²) in [4.78, 5) is 42.2. The minimum atomic E-state index is -0.356. The molecule has 2 aromatic rings. The standard InChI is InChI=1S/C24H27N3O4/c28-22(18-7-2-1-3-8-18)25-21(17-20-9-6-16-31-20)24(30)27-14-10-19(11-15-27)23(29)26-12-4-5-13-26/h1-3,6-9,16-17,19H,4-5,10-15H2,(H,25,28). The minimum absolute atomic E-state index is 0.0291. The van der Waals surface area contributed by atoms with Crippen molar-refractivity contribution in [1.82, 2.24) is 15.1 Å². The van der Waals surface area contributed by atoms with E-state index in [0.717, 1.165) is 25.9 Å². The van der Waals surface area contributed by atoms with Gasteiger partial charge >= 0.3 is 0 Å². The Balaban J connectivity index is 1.44. The van der Waals surface area contributed by atoms with E-state index in [9.17, 15) is 14.4 Å². The van der Waals surface area contributed by atoms with Crippen LogP contribution >= 0.6 is 0 Å². The highest BCUT2D eigenvalue weighted by molar-refractivity contribution is 6.05. The third-order valence-corrected chi connectivity index (χ3v) is 5.89. The monoisotopic (exact) mass is 421 g/mol. The van der Waals surface area contributed by atoms with Gasteiger partial charge in [-0.05, 0) is 49.9 Å². The van der Waals surface area contributed by atoms with Gasteiger partial charge in [0.15, 0.2) is 0 Å². The van der Waals surface area contributed by atoms with Crippen molar-refractivity contribution in [1.29, 1.82) is 0 Å². The Morgan fingerprint density at radius 3 is 2.26 bits per heavy atom. The Hall–Kier alpha value is -3.35. The van der Waals surface area contributed by atoms with E-state index >= 15 is 0 Å². The molecule has 3 amide bonds. The number of furan rings is 1. The molecule has 2 aliphatic rings. The molecule has 1 aromatic heterocycles. The van der Waals surface area contributed by atoms with Crippen LogP contribution in [-0.4, -0.2) is 53.7 Å². The number of amides is 3. The topological polar surface area (TPSA) is 82.9 Å². The number of carbonyl (C=O) groups excluding carboxylic acids is 3. The zero-order valence-electron chi connectivity index (χ0n) is 17.5. The molecule has 0 radical (unpaired) electrons. The maximum Gasteiger partial charge on any atom is 0.270 e. The lowest BCUT2D eigenvalue weighted by molar-refractivity contribution is -0.138. The smallest absolute Gasteiger partial charge is 0.270 e. The van der Waals surface area contributed by atoms with Crippen molar-refractivity contribution in [3.05, 3.63) is 65.7 Å². The van der Waals surface area contributed by atoms with E-state index < -0.39 is 0 Å². The summed E-state index contributed by atoms with van der Waals surface area (Å²) in [5.41, 5.74) is 0.628. The van der Waals surface area contributed by atoms with Crippen LogP contribution in [0, 0.1) is 5.92 Å². The van der Waals surface area contributed by atoms with Crippen LogP contribution in [0.5, 0.6) is 0 Å². The van der Waals surface area contributed by atoms with Crippen LogP contribution in [0.25, 0.3) is 6.08 Å². The fourth-order valence-corrected chi connectivity index (χ4v) is 4.15. The summed E-state index contributed by atoms with van der Waals surface area (Å²) in [6, 6.07) is 12.2. The van der Waals surface area contributed by atoms with Crippen molar-refractivity contribution >= 4 is 23.8 Å². The molecule has 0 saturated carbocycles. The summed E-state index contributed by atoms with van der Waals surface area (Å²) < 4.78 is 5.35. The first kappa shape index (κ1) is 20.9. The van der Waals surface area contributed by atoms with Crippen molar-refractivity contribution in [3.8, 4) is 0 Å². The number of piperidine rings is 1. The first-order chi connectivity index (χ1) is 15.1. The van der Waals surface area contributed by atoms with E-state index in [0.29, 0.717) is 37.3 Å². The number of nitrogens with one attached hydrogen (secondary N) is 1. The lowest BCUT2D eigenvalue weighted by atomic mass is 9.95. The molecule has 0 unspecified atom stereocenters. The molecule has 1 N–H and O–H groups in total. The molecule has 2 fully saturated rings. The van der Waals surface area contributed by atoms with E-state index in [-0.39, 0.29) is 29.3 Å². The van der Waals surface area contributed by atoms with Crippen molar-refractivity contribution in [2.45, 2.75) is 25.7 Å². The summed E-state index contributed by atoms with van der Waals surface area (Å²) in [5.74, 6) is 0.0429. The van der Waals surface area contributed by atoms with Crippen LogP contribution in [0.15, 0.2) is 58.8 Å². The molecular weight excluding hydrogens is 394 g/mol. The quantitative estimate of drug-likeness (QED) is 0.753. The Kier molecular flexibility index (Phi) is 6.50. The maximum absolute atomic E-state index is 13.2. The van der Waals surface area contributed by atoms with Crippen LogP contribution in [0.3, 0.4) is 0 Å². The largest absolute Gasteiger partial charge is 0.465 e. The fourth-order valence-electron chi connectivity index (χ4n) is 4.15. The van der Waals surface area contributed by atoms with E-state index in [2.05, 4.69) is 5.32 Å². The Morgan fingerprint density at radius 2 is 1.61 bits per heavy atom. The molecule has 31 heavy (non-hydrogen) atoms. The molecule has 0 bridgehead atoms. The Bertz CT molecular complexity index is 938. The van der Waals surface area contributed by atoms with Crippen molar-refractivity contribution in [2.24, 2.45) is 5.92 Å². The number of carbonyl (C=O) groups is 3. The van der Waals surface area contributed by atoms with Gasteiger partial charge in [-0.25, -0.2) is 0 Å². The predicted octanol–water partition coefficient (Wildman–Crippen LogP) is 2.91. The van der Waals surface area contributed by atoms with Gasteiger partial charge in [-0.15, -0.1) is 0 Å². The normalized spacial score (nSPS) is 17.6. The second-order valence-corrected chi connectivity index (χ2v) is 7.99. The highest BCUT2D eigenvalue weighted by Gasteiger charge is 2.32. The van der Waals surface area contributed by atoms with E-state index in [4.69, 9.17) is 4.42 Å². The molecule has 1 aromatic carbocycles. The summed E-state index contributed by atoms with van der Waals surface area (Å²) in [6.07, 6.45) is 6.49. The van der Waals surface area contributed by atoms with Crippen molar-refractivity contribution < 1.29 is 18.8 Å². The molecule has 3 heterocycles. The van der Waals surface area contributed by atoms with Gasteiger partial charge in [0.05, 0.1) is 6.26 Å². The van der Waals surface area contributed by atoms with Gasteiger partial charge in [-0.1, -0.05) is 18.2 Å². The fraction of sp³-hybridized carbons (Fsp3) is 0.375. The molecule has 162 valence electrons. The molecule has 7 heteroatoms. The summed E-state index contributed by atoms with van der Waals surface area (Å²) >= 11 is 0. The van der Waals surface area contributed by atoms with Crippen molar-refractivity contribution in [2.75, 3.05) is 26.2 Å². The maximum atomic E-state index is 13.2. The van der Waals surface area contributed by atoms with Crippen LogP contribution < -0.4 is 5.32 Å². The van der Waals surface area contributed by atoms with Crippen molar-refractivity contribution in [3.63, 3.8) is 0 Å². The van der Waals surface area contributed by atoms with E-state index in [1.54, 1.807) is 47.4 Å². The predicted molar refractivity (Wildman–Crippen MR) is 116 cm³/mol. The number of nitrogens with zero attached hydrogens (tertiary/aromatic N) is 2. The lowest BCUT2D eigenvalue weighted by Gasteiger charge is -2.33. The van der Waals surface area contributed by atoms with Gasteiger partial charge in [0.2, 0.25) is 5.91 Å². The average Bonchev–Trinajstić information content (AvgIpc) is 3.53. The van der Waals surface area contributed by atoms with Gasteiger partial charge in [-0.2, -0.15) is 0 Å². The SMILES string of the molecule is O=C(NC(=Cc1ccco1)C(=O)N1CCC(C(=O)N2CCCC2)CC1)c1ccccc1. The third kappa shape index (κ3) is 5.05. The van der Waals surface area contributed by atoms with Crippen LogP contribution in [0.4, 0.5) is 0 Å². The van der Waals surface area contributed by atoms with E-state index in [1.165, 1.54) is 6.26 Å². The number of rotatable bonds is 5. The Morgan fingerprint density at radius 1 is 0.903 bits per heavy atom. The second kappa shape index (κ2) is 9.64. The molecule has 0 atom stereocenters. The number of hydrogen-bond acceptors (Lipinski definition) is 4. The first-order valence-corrected chi connectivity index (χ1v) is 10.8. The molecule has 7 nitrogen and oxygen atoms in total. The summed E-state index contributed by atoms with van der Waals surface area (Å²) in [6.45, 7) is 2.67. The van der Waals surface area contributed by atoms with Gasteiger partial charge in [0.25, 0.3) is 11.8 Å². The molecule has 4 rings (SSSR count). The number of benzene rings is 1. The summed E-state index contributed by atoms with van der Waals surface area (Å²) in [7, 11) is 0. The minimum Gasteiger partial charge on any atom is -0.465 e. The van der Waals surface area contributed by atoms with Crippen LogP contribution in [-0.2, 0) is 9.59 Å². The van der Waals surface area contributed by atoms with E-state index in [1.807, 2.05) is 11.0 Å². The van der Waals surface area contributed by atoms with Gasteiger partial charge in [0.1, 0.15) is 11.5 Å². The highest BCUT2D eigenvalue weighted by Crippen LogP contribution is 2.23. The highest BCUT2D eigenvalue weighted by atomic mass is 16.3. The Labute approximate surface area is 181 Å². The summed E-state index contributed by atoms with van der Waals surface area (Å²) in [5, 5.41) is 2.74. The van der Waals surface area contributed by atoms with Crippen LogP contribution in [0.2, 0.25) is 0 Å². The molecule has 0 spiro atoms. The van der Waals surface area contributed by atoms with Gasteiger partial charge in [-0.3, -0.25) is 14.4 Å². The molecule has 0 aliphatic carbocycles. The lowest BCUT2D eigenvalue weighted by Crippen LogP contribution is -2.46. The molecule has 2 aliphatic heterocycles. The molecule has 2 saturated heterocycles. The van der Waals surface area contributed by atoms with Gasteiger partial charge < -0.3 is 19.5 Å². The number of hydrogen-bond donors (Lipinski definition) is 1. The first-order valence-electron chi connectivity index (χ1n) is 10.8. The zero-order valence-corrected chi connectivity index (χ0v) is 17.5. The number of likely N-dealkylation sites (tertiary alicyclic amines) is 2. The molecular formula is C24H27N3O4. The zero-order chi connectivity index (χ0) is 21.6.